The van der Waals surface area contributed by atoms with Crippen LogP contribution >= 0.6 is 0 Å². The van der Waals surface area contributed by atoms with Gasteiger partial charge in [0.25, 0.3) is 0 Å². The maximum absolute atomic E-state index is 11.0. The van der Waals surface area contributed by atoms with Gasteiger partial charge in [0.2, 0.25) is 5.95 Å². The van der Waals surface area contributed by atoms with E-state index in [-0.39, 0.29) is 5.56 Å². The summed E-state index contributed by atoms with van der Waals surface area (Å²) in [7, 11) is 0. The van der Waals surface area contributed by atoms with Crippen LogP contribution in [-0.2, 0) is 0 Å². The minimum Gasteiger partial charge on any atom is -0.478 e. The van der Waals surface area contributed by atoms with E-state index in [9.17, 15) is 4.79 Å². The number of rotatable bonds is 8. The van der Waals surface area contributed by atoms with Gasteiger partial charge >= 0.3 is 5.97 Å². The third kappa shape index (κ3) is 4.67. The largest absolute Gasteiger partial charge is 0.478 e. The van der Waals surface area contributed by atoms with Crippen LogP contribution in [0.5, 0.6) is 0 Å². The third-order valence-corrected chi connectivity index (χ3v) is 3.29. The molecule has 0 aliphatic carbocycles. The maximum atomic E-state index is 11.0. The summed E-state index contributed by atoms with van der Waals surface area (Å²) in [5, 5.41) is 12.2. The summed E-state index contributed by atoms with van der Waals surface area (Å²) < 4.78 is 0. The molecule has 2 aromatic rings. The van der Waals surface area contributed by atoms with Crippen molar-refractivity contribution in [3.8, 4) is 0 Å². The Hall–Kier alpha value is -2.63. The average molecular weight is 314 g/mol. The molecule has 0 aliphatic heterocycles. The number of carbonyl (C=O) groups is 1. The average Bonchev–Trinajstić information content (AvgIpc) is 2.55. The van der Waals surface area contributed by atoms with Crippen molar-refractivity contribution in [3.63, 3.8) is 0 Å². The van der Waals surface area contributed by atoms with Crippen molar-refractivity contribution in [2.24, 2.45) is 0 Å². The number of aromatic carboxylic acids is 1. The van der Waals surface area contributed by atoms with Crippen molar-refractivity contribution in [1.82, 2.24) is 9.97 Å². The van der Waals surface area contributed by atoms with Crippen LogP contribution in [0, 0.1) is 0 Å². The Kier molecular flexibility index (Phi) is 5.91. The van der Waals surface area contributed by atoms with E-state index in [1.807, 2.05) is 6.07 Å². The lowest BCUT2D eigenvalue weighted by Gasteiger charge is -2.21. The van der Waals surface area contributed by atoms with Crippen LogP contribution in [0.15, 0.2) is 36.5 Å². The summed E-state index contributed by atoms with van der Waals surface area (Å²) in [4.78, 5) is 22.1. The Morgan fingerprint density at radius 2 is 1.96 bits per heavy atom. The van der Waals surface area contributed by atoms with E-state index in [0.717, 1.165) is 25.9 Å². The van der Waals surface area contributed by atoms with E-state index >= 15 is 0 Å². The van der Waals surface area contributed by atoms with Crippen molar-refractivity contribution in [2.45, 2.75) is 26.7 Å². The zero-order valence-corrected chi connectivity index (χ0v) is 13.5. The molecule has 0 spiro atoms. The first-order valence-electron chi connectivity index (χ1n) is 7.82. The lowest BCUT2D eigenvalue weighted by Crippen LogP contribution is -2.27. The Morgan fingerprint density at radius 3 is 2.61 bits per heavy atom. The van der Waals surface area contributed by atoms with Gasteiger partial charge in [-0.25, -0.2) is 9.78 Å². The molecule has 0 saturated heterocycles. The first-order chi connectivity index (χ1) is 11.1. The standard InChI is InChI=1S/C17H22N4O2/c1-3-10-21(11-4-2)17-18-9-8-15(20-17)19-14-7-5-6-13(12-14)16(22)23/h5-9,12H,3-4,10-11H2,1-2H3,(H,22,23)(H,18,19,20). The van der Waals surface area contributed by atoms with Crippen molar-refractivity contribution < 1.29 is 9.90 Å². The Morgan fingerprint density at radius 1 is 1.22 bits per heavy atom. The molecule has 23 heavy (non-hydrogen) atoms. The summed E-state index contributed by atoms with van der Waals surface area (Å²) in [6, 6.07) is 8.43. The predicted octanol–water partition coefficient (Wildman–Crippen LogP) is 3.54. The number of nitrogens with zero attached hydrogens (tertiary/aromatic N) is 3. The molecule has 0 unspecified atom stereocenters. The van der Waals surface area contributed by atoms with Crippen LogP contribution in [0.3, 0.4) is 0 Å². The molecule has 6 heteroatoms. The summed E-state index contributed by atoms with van der Waals surface area (Å²) >= 11 is 0. The number of hydrogen-bond donors (Lipinski definition) is 2. The maximum Gasteiger partial charge on any atom is 0.335 e. The van der Waals surface area contributed by atoms with Gasteiger partial charge in [-0.1, -0.05) is 19.9 Å². The molecular weight excluding hydrogens is 292 g/mol. The minimum absolute atomic E-state index is 0.239. The summed E-state index contributed by atoms with van der Waals surface area (Å²) in [6.45, 7) is 6.07. The molecule has 0 bridgehead atoms. The molecule has 2 N–H and O–H groups in total. The number of nitrogens with one attached hydrogen (secondary N) is 1. The molecule has 0 fully saturated rings. The zero-order chi connectivity index (χ0) is 16.7. The number of benzene rings is 1. The molecule has 1 aromatic carbocycles. The highest BCUT2D eigenvalue weighted by atomic mass is 16.4. The second-order valence-corrected chi connectivity index (χ2v) is 5.24. The lowest BCUT2D eigenvalue weighted by molar-refractivity contribution is 0.0697. The van der Waals surface area contributed by atoms with Crippen LogP contribution in [0.2, 0.25) is 0 Å². The zero-order valence-electron chi connectivity index (χ0n) is 13.5. The quantitative estimate of drug-likeness (QED) is 0.776. The van der Waals surface area contributed by atoms with Crippen LogP contribution < -0.4 is 10.2 Å². The highest BCUT2D eigenvalue weighted by Crippen LogP contribution is 2.18. The summed E-state index contributed by atoms with van der Waals surface area (Å²) in [5.41, 5.74) is 0.926. The van der Waals surface area contributed by atoms with Gasteiger partial charge in [0, 0.05) is 25.0 Å². The molecular formula is C17H22N4O2. The fourth-order valence-corrected chi connectivity index (χ4v) is 2.30. The lowest BCUT2D eigenvalue weighted by atomic mass is 10.2. The number of anilines is 3. The van der Waals surface area contributed by atoms with E-state index < -0.39 is 5.97 Å². The molecule has 2 rings (SSSR count). The van der Waals surface area contributed by atoms with E-state index in [2.05, 4.69) is 34.0 Å². The number of carboxylic acids is 1. The monoisotopic (exact) mass is 314 g/mol. The fourth-order valence-electron chi connectivity index (χ4n) is 2.30. The topological polar surface area (TPSA) is 78.4 Å². The second-order valence-electron chi connectivity index (χ2n) is 5.24. The molecule has 0 saturated carbocycles. The van der Waals surface area contributed by atoms with Gasteiger partial charge in [-0.2, -0.15) is 4.98 Å². The first kappa shape index (κ1) is 16.7. The van der Waals surface area contributed by atoms with Gasteiger partial charge in [0.15, 0.2) is 0 Å². The SMILES string of the molecule is CCCN(CCC)c1nccc(Nc2cccc(C(=O)O)c2)n1. The minimum atomic E-state index is -0.950. The van der Waals surface area contributed by atoms with Gasteiger partial charge in [0.05, 0.1) is 5.56 Å². The molecule has 1 aromatic heterocycles. The number of hydrogen-bond acceptors (Lipinski definition) is 5. The van der Waals surface area contributed by atoms with Crippen molar-refractivity contribution in [3.05, 3.63) is 42.1 Å². The van der Waals surface area contributed by atoms with E-state index in [4.69, 9.17) is 5.11 Å². The second kappa shape index (κ2) is 8.12. The van der Waals surface area contributed by atoms with Crippen LogP contribution in [0.25, 0.3) is 0 Å². The van der Waals surface area contributed by atoms with Crippen LogP contribution in [0.1, 0.15) is 37.0 Å². The van der Waals surface area contributed by atoms with E-state index in [1.54, 1.807) is 30.5 Å². The molecule has 0 atom stereocenters. The molecule has 1 heterocycles. The van der Waals surface area contributed by atoms with Crippen molar-refractivity contribution in [1.29, 1.82) is 0 Å². The van der Waals surface area contributed by atoms with E-state index in [0.29, 0.717) is 17.5 Å². The van der Waals surface area contributed by atoms with Gasteiger partial charge in [0.1, 0.15) is 5.82 Å². The Bertz CT molecular complexity index is 655. The smallest absolute Gasteiger partial charge is 0.335 e. The molecule has 6 nitrogen and oxygen atoms in total. The first-order valence-corrected chi connectivity index (χ1v) is 7.82. The van der Waals surface area contributed by atoms with Gasteiger partial charge in [-0.15, -0.1) is 0 Å². The molecule has 0 aliphatic rings. The van der Waals surface area contributed by atoms with Crippen LogP contribution in [0.4, 0.5) is 17.5 Å². The van der Waals surface area contributed by atoms with Gasteiger partial charge in [-0.3, -0.25) is 0 Å². The highest BCUT2D eigenvalue weighted by Gasteiger charge is 2.09. The van der Waals surface area contributed by atoms with Gasteiger partial charge < -0.3 is 15.3 Å². The molecule has 0 radical (unpaired) electrons. The number of carboxylic acid groups (broad SMARTS) is 1. The fraction of sp³-hybridized carbons (Fsp3) is 0.353. The molecule has 0 amide bonds. The van der Waals surface area contributed by atoms with Crippen molar-refractivity contribution >= 4 is 23.4 Å². The molecule has 122 valence electrons. The number of aromatic nitrogens is 2. The van der Waals surface area contributed by atoms with E-state index in [1.165, 1.54) is 0 Å². The van der Waals surface area contributed by atoms with Gasteiger partial charge in [-0.05, 0) is 37.1 Å². The normalized spacial score (nSPS) is 10.3. The highest BCUT2D eigenvalue weighted by molar-refractivity contribution is 5.89. The summed E-state index contributed by atoms with van der Waals surface area (Å²) in [6.07, 6.45) is 3.77. The Labute approximate surface area is 136 Å². The Balaban J connectivity index is 2.19. The van der Waals surface area contributed by atoms with Crippen LogP contribution in [-0.4, -0.2) is 34.1 Å². The summed E-state index contributed by atoms with van der Waals surface area (Å²) in [5.74, 6) is 0.386. The third-order valence-electron chi connectivity index (χ3n) is 3.29. The predicted molar refractivity (Wildman–Crippen MR) is 91.5 cm³/mol. The van der Waals surface area contributed by atoms with Crippen molar-refractivity contribution in [2.75, 3.05) is 23.3 Å².